The van der Waals surface area contributed by atoms with Crippen molar-refractivity contribution in [1.29, 1.82) is 0 Å². The number of hydrazine groups is 1. The summed E-state index contributed by atoms with van der Waals surface area (Å²) in [5.74, 6) is 0.227. The van der Waals surface area contributed by atoms with Crippen molar-refractivity contribution < 1.29 is 9.90 Å². The quantitative estimate of drug-likeness (QED) is 0.876. The van der Waals surface area contributed by atoms with Crippen LogP contribution in [0.1, 0.15) is 31.2 Å². The summed E-state index contributed by atoms with van der Waals surface area (Å²) in [7, 11) is 0. The molecule has 1 N–H and O–H groups in total. The number of nitrogens with zero attached hydrogens (tertiary/aromatic N) is 2. The lowest BCUT2D eigenvalue weighted by atomic mass is 9.85. The molecule has 0 aliphatic carbocycles. The van der Waals surface area contributed by atoms with Gasteiger partial charge in [0.05, 0.1) is 5.60 Å². The summed E-state index contributed by atoms with van der Waals surface area (Å²) in [5.41, 5.74) is 0.253. The molecule has 0 spiro atoms. The lowest BCUT2D eigenvalue weighted by Crippen LogP contribution is -2.51. The molecule has 1 aromatic carbocycles. The molecule has 2 fully saturated rings. The highest BCUT2D eigenvalue weighted by molar-refractivity contribution is 5.77. The van der Waals surface area contributed by atoms with Gasteiger partial charge in [0.25, 0.3) is 0 Å². The highest BCUT2D eigenvalue weighted by Crippen LogP contribution is 2.33. The van der Waals surface area contributed by atoms with E-state index in [1.165, 1.54) is 0 Å². The molecule has 0 bridgehead atoms. The van der Waals surface area contributed by atoms with E-state index in [1.807, 2.05) is 35.3 Å². The number of benzene rings is 1. The molecule has 2 heterocycles. The zero-order valence-corrected chi connectivity index (χ0v) is 11.1. The Hall–Kier alpha value is -1.39. The highest BCUT2D eigenvalue weighted by Gasteiger charge is 2.37. The Labute approximate surface area is 113 Å². The van der Waals surface area contributed by atoms with Crippen molar-refractivity contribution in [3.8, 4) is 0 Å². The minimum absolute atomic E-state index is 0.227. The van der Waals surface area contributed by atoms with E-state index in [-0.39, 0.29) is 5.91 Å². The number of amides is 1. The molecule has 1 amide bonds. The molecule has 2 saturated heterocycles. The van der Waals surface area contributed by atoms with Crippen LogP contribution in [0.2, 0.25) is 0 Å². The molecule has 0 aromatic heterocycles. The van der Waals surface area contributed by atoms with Gasteiger partial charge in [0.15, 0.2) is 0 Å². The predicted molar refractivity (Wildman–Crippen MR) is 72.1 cm³/mol. The van der Waals surface area contributed by atoms with Gasteiger partial charge in [-0.1, -0.05) is 30.3 Å². The molecule has 0 saturated carbocycles. The number of carbonyl (C=O) groups is 1. The van der Waals surface area contributed by atoms with Gasteiger partial charge in [0.1, 0.15) is 0 Å². The first-order valence-electron chi connectivity index (χ1n) is 7.02. The normalized spacial score (nSPS) is 23.8. The van der Waals surface area contributed by atoms with Crippen molar-refractivity contribution in [3.05, 3.63) is 35.9 Å². The van der Waals surface area contributed by atoms with Gasteiger partial charge in [-0.05, 0) is 24.8 Å². The Kier molecular flexibility index (Phi) is 3.29. The zero-order valence-electron chi connectivity index (χ0n) is 11.1. The zero-order chi connectivity index (χ0) is 13.3. The van der Waals surface area contributed by atoms with E-state index in [0.717, 1.165) is 31.6 Å². The van der Waals surface area contributed by atoms with Crippen molar-refractivity contribution in [2.24, 2.45) is 0 Å². The van der Waals surface area contributed by atoms with Crippen LogP contribution in [-0.2, 0) is 10.4 Å². The monoisotopic (exact) mass is 260 g/mol. The number of rotatable bonds is 2. The Morgan fingerprint density at radius 3 is 2.32 bits per heavy atom. The van der Waals surface area contributed by atoms with Gasteiger partial charge >= 0.3 is 0 Å². The molecule has 2 aliphatic rings. The van der Waals surface area contributed by atoms with Crippen molar-refractivity contribution in [3.63, 3.8) is 0 Å². The van der Waals surface area contributed by atoms with E-state index in [1.54, 1.807) is 0 Å². The van der Waals surface area contributed by atoms with Crippen LogP contribution >= 0.6 is 0 Å². The van der Waals surface area contributed by atoms with Gasteiger partial charge in [-0.25, -0.2) is 5.01 Å². The van der Waals surface area contributed by atoms with E-state index in [2.05, 4.69) is 5.01 Å². The van der Waals surface area contributed by atoms with Crippen LogP contribution in [0.25, 0.3) is 0 Å². The third kappa shape index (κ3) is 2.38. The van der Waals surface area contributed by atoms with Gasteiger partial charge < -0.3 is 5.11 Å². The second kappa shape index (κ2) is 4.94. The summed E-state index contributed by atoms with van der Waals surface area (Å²) in [5, 5.41) is 14.7. The van der Waals surface area contributed by atoms with Gasteiger partial charge in [-0.2, -0.15) is 0 Å². The first kappa shape index (κ1) is 12.6. The molecule has 19 heavy (non-hydrogen) atoms. The third-order valence-electron chi connectivity index (χ3n) is 4.27. The smallest absolute Gasteiger partial charge is 0.236 e. The summed E-state index contributed by atoms with van der Waals surface area (Å²) >= 11 is 0. The summed E-state index contributed by atoms with van der Waals surface area (Å²) in [6.45, 7) is 2.33. The molecule has 1 aromatic rings. The largest absolute Gasteiger partial charge is 0.385 e. The lowest BCUT2D eigenvalue weighted by Gasteiger charge is -2.42. The minimum atomic E-state index is -0.736. The van der Waals surface area contributed by atoms with Crippen molar-refractivity contribution in [1.82, 2.24) is 10.0 Å². The number of piperidine rings is 1. The molecule has 3 rings (SSSR count). The molecule has 2 aliphatic heterocycles. The van der Waals surface area contributed by atoms with Crippen LogP contribution < -0.4 is 0 Å². The molecule has 4 heteroatoms. The molecule has 4 nitrogen and oxygen atoms in total. The highest BCUT2D eigenvalue weighted by atomic mass is 16.3. The second-order valence-electron chi connectivity index (χ2n) is 5.47. The fourth-order valence-corrected chi connectivity index (χ4v) is 3.08. The van der Waals surface area contributed by atoms with E-state index in [9.17, 15) is 9.90 Å². The number of hydrogen-bond acceptors (Lipinski definition) is 3. The van der Waals surface area contributed by atoms with Crippen LogP contribution in [0.5, 0.6) is 0 Å². The van der Waals surface area contributed by atoms with Gasteiger partial charge in [-0.3, -0.25) is 9.80 Å². The topological polar surface area (TPSA) is 43.8 Å². The summed E-state index contributed by atoms with van der Waals surface area (Å²) in [4.78, 5) is 11.7. The van der Waals surface area contributed by atoms with Crippen molar-refractivity contribution >= 4 is 5.91 Å². The Morgan fingerprint density at radius 1 is 1.05 bits per heavy atom. The van der Waals surface area contributed by atoms with Gasteiger partial charge in [0, 0.05) is 26.1 Å². The predicted octanol–water partition coefficient (Wildman–Crippen LogP) is 1.51. The van der Waals surface area contributed by atoms with Crippen LogP contribution in [0, 0.1) is 0 Å². The summed E-state index contributed by atoms with van der Waals surface area (Å²) < 4.78 is 0. The second-order valence-corrected chi connectivity index (χ2v) is 5.47. The Bertz CT molecular complexity index is 452. The SMILES string of the molecule is O=C1CCCN1N1CCC(O)(c2ccccc2)CC1. The fraction of sp³-hybridized carbons (Fsp3) is 0.533. The van der Waals surface area contributed by atoms with E-state index < -0.39 is 5.60 Å². The average molecular weight is 260 g/mol. The van der Waals surface area contributed by atoms with Crippen molar-refractivity contribution in [2.45, 2.75) is 31.3 Å². The number of carbonyl (C=O) groups excluding carboxylic acids is 1. The van der Waals surface area contributed by atoms with E-state index >= 15 is 0 Å². The standard InChI is InChI=1S/C15H20N2O2/c18-14-7-4-10-17(14)16-11-8-15(19,9-12-16)13-5-2-1-3-6-13/h1-3,5-6,19H,4,7-12H2. The molecule has 0 atom stereocenters. The maximum atomic E-state index is 11.7. The molecule has 0 unspecified atom stereocenters. The molecule has 0 radical (unpaired) electrons. The number of hydrogen-bond donors (Lipinski definition) is 1. The average Bonchev–Trinajstić information content (AvgIpc) is 2.87. The van der Waals surface area contributed by atoms with Crippen LogP contribution in [0.15, 0.2) is 30.3 Å². The Balaban J connectivity index is 1.67. The van der Waals surface area contributed by atoms with Gasteiger partial charge in [-0.15, -0.1) is 0 Å². The lowest BCUT2D eigenvalue weighted by molar-refractivity contribution is -0.151. The third-order valence-corrected chi connectivity index (χ3v) is 4.27. The minimum Gasteiger partial charge on any atom is -0.385 e. The molecule has 102 valence electrons. The van der Waals surface area contributed by atoms with Crippen LogP contribution in [0.3, 0.4) is 0 Å². The summed E-state index contributed by atoms with van der Waals surface area (Å²) in [6, 6.07) is 9.85. The fourth-order valence-electron chi connectivity index (χ4n) is 3.08. The van der Waals surface area contributed by atoms with E-state index in [4.69, 9.17) is 0 Å². The summed E-state index contributed by atoms with van der Waals surface area (Å²) in [6.07, 6.45) is 2.99. The Morgan fingerprint density at radius 2 is 1.74 bits per heavy atom. The molecular formula is C15H20N2O2. The van der Waals surface area contributed by atoms with Crippen molar-refractivity contribution in [2.75, 3.05) is 19.6 Å². The van der Waals surface area contributed by atoms with E-state index in [0.29, 0.717) is 19.3 Å². The maximum Gasteiger partial charge on any atom is 0.236 e. The first-order chi connectivity index (χ1) is 9.19. The van der Waals surface area contributed by atoms with Crippen LogP contribution in [0.4, 0.5) is 0 Å². The first-order valence-corrected chi connectivity index (χ1v) is 7.02. The maximum absolute atomic E-state index is 11.7. The van der Waals surface area contributed by atoms with Gasteiger partial charge in [0.2, 0.25) is 5.91 Å². The number of aliphatic hydroxyl groups is 1. The van der Waals surface area contributed by atoms with Crippen LogP contribution in [-0.4, -0.2) is 40.7 Å². The molecular weight excluding hydrogens is 240 g/mol.